The summed E-state index contributed by atoms with van der Waals surface area (Å²) in [5, 5.41) is 38.1. The Hall–Kier alpha value is -5.12. The molecule has 4 rings (SSSR count). The Kier molecular flexibility index (Phi) is 7.61. The van der Waals surface area contributed by atoms with Crippen LogP contribution in [-0.2, 0) is 24.6 Å². The SMILES string of the molecule is CC(C)(c1cccc(OC2=CC=CC(C(=O)O)(C(=O)O)C2)c1)c1cccc(OC2=CC=CC(C(=O)O)(C(=O)O)C2)c1. The molecule has 2 aliphatic rings. The maximum absolute atomic E-state index is 11.7. The Balaban J connectivity index is 1.55. The summed E-state index contributed by atoms with van der Waals surface area (Å²) in [6, 6.07) is 14.2. The fraction of sp³-hybridized carbons (Fsp3) is 0.226. The second-order valence-corrected chi connectivity index (χ2v) is 10.4. The van der Waals surface area contributed by atoms with Gasteiger partial charge in [-0.15, -0.1) is 0 Å². The van der Waals surface area contributed by atoms with Gasteiger partial charge in [-0.2, -0.15) is 0 Å². The number of carboxylic acids is 4. The lowest BCUT2D eigenvalue weighted by Crippen LogP contribution is -2.39. The normalized spacial score (nSPS) is 17.1. The van der Waals surface area contributed by atoms with Crippen LogP contribution in [0.3, 0.4) is 0 Å². The predicted octanol–water partition coefficient (Wildman–Crippen LogP) is 4.77. The molecule has 10 nitrogen and oxygen atoms in total. The molecule has 0 saturated carbocycles. The third-order valence-corrected chi connectivity index (χ3v) is 7.37. The summed E-state index contributed by atoms with van der Waals surface area (Å²) in [5.41, 5.74) is -3.16. The van der Waals surface area contributed by atoms with Crippen LogP contribution in [0.15, 0.2) is 96.5 Å². The molecule has 0 amide bonds. The van der Waals surface area contributed by atoms with Crippen molar-refractivity contribution in [2.24, 2.45) is 10.8 Å². The molecule has 0 bridgehead atoms. The number of aliphatic carboxylic acids is 4. The summed E-state index contributed by atoms with van der Waals surface area (Å²) in [6.45, 7) is 3.94. The van der Waals surface area contributed by atoms with E-state index in [0.717, 1.165) is 23.3 Å². The minimum atomic E-state index is -2.11. The zero-order valence-electron chi connectivity index (χ0n) is 22.2. The molecule has 0 spiro atoms. The van der Waals surface area contributed by atoms with Gasteiger partial charge in [-0.05, 0) is 47.5 Å². The molecule has 0 aliphatic heterocycles. The fourth-order valence-corrected chi connectivity index (χ4v) is 4.70. The van der Waals surface area contributed by atoms with Gasteiger partial charge in [0.05, 0.1) is 0 Å². The highest BCUT2D eigenvalue weighted by molar-refractivity contribution is 6.01. The average Bonchev–Trinajstić information content (AvgIpc) is 2.93. The fourth-order valence-electron chi connectivity index (χ4n) is 4.70. The molecule has 2 aromatic carbocycles. The van der Waals surface area contributed by atoms with Gasteiger partial charge in [0, 0.05) is 18.3 Å². The van der Waals surface area contributed by atoms with E-state index in [1.807, 2.05) is 26.0 Å². The van der Waals surface area contributed by atoms with Crippen LogP contribution in [-0.4, -0.2) is 44.3 Å². The van der Waals surface area contributed by atoms with E-state index in [1.165, 1.54) is 24.3 Å². The van der Waals surface area contributed by atoms with Crippen LogP contribution in [0, 0.1) is 10.8 Å². The van der Waals surface area contributed by atoms with Crippen molar-refractivity contribution in [3.8, 4) is 11.5 Å². The quantitative estimate of drug-likeness (QED) is 0.297. The van der Waals surface area contributed by atoms with Crippen molar-refractivity contribution < 1.29 is 49.1 Å². The van der Waals surface area contributed by atoms with Crippen LogP contribution in [0.25, 0.3) is 0 Å². The predicted molar refractivity (Wildman–Crippen MR) is 145 cm³/mol. The molecular weight excluding hydrogens is 532 g/mol. The topological polar surface area (TPSA) is 168 Å². The van der Waals surface area contributed by atoms with Crippen LogP contribution in [0.1, 0.15) is 37.8 Å². The van der Waals surface area contributed by atoms with Crippen LogP contribution in [0.4, 0.5) is 0 Å². The van der Waals surface area contributed by atoms with Gasteiger partial charge in [0.1, 0.15) is 23.0 Å². The number of carboxylic acid groups (broad SMARTS) is 4. The first-order valence-electron chi connectivity index (χ1n) is 12.6. The van der Waals surface area contributed by atoms with Crippen molar-refractivity contribution in [1.29, 1.82) is 0 Å². The van der Waals surface area contributed by atoms with Crippen LogP contribution in [0.2, 0.25) is 0 Å². The minimum Gasteiger partial charge on any atom is -0.480 e. The van der Waals surface area contributed by atoms with Gasteiger partial charge in [0.25, 0.3) is 0 Å². The summed E-state index contributed by atoms with van der Waals surface area (Å²) >= 11 is 0. The summed E-state index contributed by atoms with van der Waals surface area (Å²) in [4.78, 5) is 46.9. The van der Waals surface area contributed by atoms with Gasteiger partial charge in [-0.3, -0.25) is 19.2 Å². The van der Waals surface area contributed by atoms with E-state index in [2.05, 4.69) is 0 Å². The molecule has 0 saturated heterocycles. The molecule has 212 valence electrons. The number of ether oxygens (including phenoxy) is 2. The Morgan fingerprint density at radius 2 is 1.02 bits per heavy atom. The third-order valence-electron chi connectivity index (χ3n) is 7.37. The first-order valence-corrected chi connectivity index (χ1v) is 12.6. The number of rotatable bonds is 10. The molecule has 0 atom stereocenters. The Bertz CT molecular complexity index is 1400. The lowest BCUT2D eigenvalue weighted by Gasteiger charge is -2.28. The second kappa shape index (κ2) is 10.8. The average molecular weight is 561 g/mol. The van der Waals surface area contributed by atoms with Gasteiger partial charge >= 0.3 is 23.9 Å². The van der Waals surface area contributed by atoms with E-state index in [0.29, 0.717) is 11.5 Å². The zero-order chi connectivity index (χ0) is 30.0. The Morgan fingerprint density at radius 1 is 0.659 bits per heavy atom. The summed E-state index contributed by atoms with van der Waals surface area (Å²) in [5.74, 6) is -4.76. The summed E-state index contributed by atoms with van der Waals surface area (Å²) in [6.07, 6.45) is 7.32. The standard InChI is InChI=1S/C31H28O10/c1-29(2,19-7-3-9-21(15-19)40-23-11-5-13-30(17-23,25(32)33)26(34)35)20-8-4-10-22(16-20)41-24-12-6-14-31(18-24,27(36)37)28(38)39/h3-16H,17-18H2,1-2H3,(H,32,33)(H,34,35)(H,36,37)(H,38,39). The van der Waals surface area contributed by atoms with Crippen LogP contribution in [0.5, 0.6) is 11.5 Å². The maximum Gasteiger partial charge on any atom is 0.325 e. The van der Waals surface area contributed by atoms with Gasteiger partial charge < -0.3 is 29.9 Å². The van der Waals surface area contributed by atoms with Gasteiger partial charge in [0.2, 0.25) is 0 Å². The Morgan fingerprint density at radius 3 is 1.37 bits per heavy atom. The van der Waals surface area contributed by atoms with E-state index >= 15 is 0 Å². The van der Waals surface area contributed by atoms with E-state index in [-0.39, 0.29) is 24.4 Å². The molecule has 10 heteroatoms. The number of hydrogen-bond acceptors (Lipinski definition) is 6. The lowest BCUT2D eigenvalue weighted by molar-refractivity contribution is -0.162. The summed E-state index contributed by atoms with van der Waals surface area (Å²) in [7, 11) is 0. The van der Waals surface area contributed by atoms with E-state index in [1.54, 1.807) is 36.4 Å². The molecular formula is C31H28O10. The zero-order valence-corrected chi connectivity index (χ0v) is 22.2. The largest absolute Gasteiger partial charge is 0.480 e. The number of carbonyl (C=O) groups is 4. The molecule has 0 heterocycles. The van der Waals surface area contributed by atoms with Crippen molar-refractivity contribution in [2.45, 2.75) is 32.1 Å². The molecule has 4 N–H and O–H groups in total. The first kappa shape index (κ1) is 28.9. The minimum absolute atomic E-state index is 0.191. The smallest absolute Gasteiger partial charge is 0.325 e. The molecule has 0 aromatic heterocycles. The van der Waals surface area contributed by atoms with Crippen molar-refractivity contribution >= 4 is 23.9 Å². The van der Waals surface area contributed by atoms with Gasteiger partial charge in [0.15, 0.2) is 10.8 Å². The highest BCUT2D eigenvalue weighted by atomic mass is 16.5. The molecule has 2 aromatic rings. The van der Waals surface area contributed by atoms with Gasteiger partial charge in [-0.25, -0.2) is 0 Å². The van der Waals surface area contributed by atoms with E-state index in [9.17, 15) is 39.6 Å². The lowest BCUT2D eigenvalue weighted by atomic mass is 9.78. The number of allylic oxidation sites excluding steroid dienone is 6. The highest BCUT2D eigenvalue weighted by Crippen LogP contribution is 2.38. The molecule has 2 aliphatic carbocycles. The van der Waals surface area contributed by atoms with Crippen molar-refractivity contribution in [3.05, 3.63) is 108 Å². The van der Waals surface area contributed by atoms with E-state index < -0.39 is 40.1 Å². The molecule has 41 heavy (non-hydrogen) atoms. The third kappa shape index (κ3) is 5.49. The van der Waals surface area contributed by atoms with Crippen LogP contribution >= 0.6 is 0 Å². The molecule has 0 radical (unpaired) electrons. The second-order valence-electron chi connectivity index (χ2n) is 10.4. The number of hydrogen-bond donors (Lipinski definition) is 4. The van der Waals surface area contributed by atoms with Crippen LogP contribution < -0.4 is 9.47 Å². The highest BCUT2D eigenvalue weighted by Gasteiger charge is 2.47. The van der Waals surface area contributed by atoms with Crippen molar-refractivity contribution in [2.75, 3.05) is 0 Å². The molecule has 0 unspecified atom stereocenters. The Labute approximate surface area is 235 Å². The molecule has 0 fully saturated rings. The summed E-state index contributed by atoms with van der Waals surface area (Å²) < 4.78 is 11.8. The first-order chi connectivity index (χ1) is 19.3. The van der Waals surface area contributed by atoms with E-state index in [4.69, 9.17) is 9.47 Å². The van der Waals surface area contributed by atoms with Crippen molar-refractivity contribution in [1.82, 2.24) is 0 Å². The maximum atomic E-state index is 11.7. The van der Waals surface area contributed by atoms with Gasteiger partial charge in [-0.1, -0.05) is 62.4 Å². The monoisotopic (exact) mass is 560 g/mol. The van der Waals surface area contributed by atoms with Crippen molar-refractivity contribution in [3.63, 3.8) is 0 Å². The number of benzene rings is 2.